The van der Waals surface area contributed by atoms with E-state index in [1.165, 1.54) is 5.56 Å². The second kappa shape index (κ2) is 6.39. The van der Waals surface area contributed by atoms with E-state index >= 15 is 0 Å². The molecular weight excluding hydrogens is 283 g/mol. The Kier molecular flexibility index (Phi) is 5.02. The highest BCUT2D eigenvalue weighted by Crippen LogP contribution is 2.42. The summed E-state index contributed by atoms with van der Waals surface area (Å²) < 4.78 is 36.5. The monoisotopic (exact) mass is 303 g/mol. The summed E-state index contributed by atoms with van der Waals surface area (Å²) >= 11 is 0.846. The Balaban J connectivity index is 1.89. The molecule has 1 saturated carbocycles. The topological polar surface area (TPSA) is 12.0 Å². The molecule has 3 atom stereocenters. The van der Waals surface area contributed by atoms with Crippen molar-refractivity contribution < 1.29 is 13.2 Å². The Morgan fingerprint density at radius 1 is 1.25 bits per heavy atom. The predicted octanol–water partition coefficient (Wildman–Crippen LogP) is 4.44. The predicted molar refractivity (Wildman–Crippen MR) is 77.2 cm³/mol. The lowest BCUT2D eigenvalue weighted by molar-refractivity contribution is -0.105. The molecule has 0 saturated heterocycles. The number of hydrogen-bond acceptors (Lipinski definition) is 2. The maximum absolute atomic E-state index is 12.2. The maximum Gasteiger partial charge on any atom is 0.398 e. The molecule has 5 heteroatoms. The number of halogens is 3. The first-order valence-corrected chi connectivity index (χ1v) is 7.92. The molecular formula is C15H20F3NS. The molecule has 1 aromatic rings. The first-order chi connectivity index (χ1) is 9.40. The van der Waals surface area contributed by atoms with E-state index in [-0.39, 0.29) is 0 Å². The zero-order valence-corrected chi connectivity index (χ0v) is 12.5. The van der Waals surface area contributed by atoms with Gasteiger partial charge in [0.1, 0.15) is 0 Å². The van der Waals surface area contributed by atoms with Gasteiger partial charge >= 0.3 is 6.18 Å². The van der Waals surface area contributed by atoms with Crippen LogP contribution in [-0.2, 0) is 0 Å². The third-order valence-corrected chi connectivity index (χ3v) is 5.03. The van der Waals surface area contributed by atoms with Crippen molar-refractivity contribution in [2.24, 2.45) is 5.92 Å². The van der Waals surface area contributed by atoms with E-state index < -0.39 is 11.9 Å². The first-order valence-electron chi connectivity index (χ1n) is 6.93. The van der Waals surface area contributed by atoms with Crippen molar-refractivity contribution in [3.8, 4) is 0 Å². The van der Waals surface area contributed by atoms with Gasteiger partial charge in [-0.15, -0.1) is 11.8 Å². The quantitative estimate of drug-likeness (QED) is 0.807. The lowest BCUT2D eigenvalue weighted by Crippen LogP contribution is -2.47. The van der Waals surface area contributed by atoms with E-state index in [9.17, 15) is 13.2 Å². The Hall–Kier alpha value is -0.680. The third-order valence-electron chi connectivity index (χ3n) is 3.95. The molecule has 1 N–H and O–H groups in total. The van der Waals surface area contributed by atoms with Crippen LogP contribution in [0.3, 0.4) is 0 Å². The Morgan fingerprint density at radius 3 is 2.40 bits per heavy atom. The Bertz CT molecular complexity index is 430. The van der Waals surface area contributed by atoms with E-state index in [4.69, 9.17) is 0 Å². The van der Waals surface area contributed by atoms with Crippen LogP contribution in [-0.4, -0.2) is 24.5 Å². The van der Waals surface area contributed by atoms with Crippen LogP contribution in [0.25, 0.3) is 0 Å². The van der Waals surface area contributed by atoms with Crippen molar-refractivity contribution in [3.63, 3.8) is 0 Å². The normalized spacial score (nSPS) is 26.4. The number of rotatable bonds is 5. The van der Waals surface area contributed by atoms with Crippen LogP contribution in [0.15, 0.2) is 29.2 Å². The van der Waals surface area contributed by atoms with Gasteiger partial charge in [-0.25, -0.2) is 0 Å². The van der Waals surface area contributed by atoms with E-state index in [0.29, 0.717) is 22.8 Å². The van der Waals surface area contributed by atoms with Gasteiger partial charge in [-0.3, -0.25) is 0 Å². The number of benzene rings is 1. The van der Waals surface area contributed by atoms with Crippen molar-refractivity contribution in [1.29, 1.82) is 0 Å². The fourth-order valence-electron chi connectivity index (χ4n) is 2.73. The Labute approximate surface area is 122 Å². The summed E-state index contributed by atoms with van der Waals surface area (Å²) in [4.78, 5) is 0.682. The summed E-state index contributed by atoms with van der Waals surface area (Å²) in [6, 6.07) is 8.13. The largest absolute Gasteiger partial charge is 0.398 e. The van der Waals surface area contributed by atoms with E-state index in [2.05, 4.69) is 19.2 Å². The summed E-state index contributed by atoms with van der Waals surface area (Å²) in [6.07, 6.45) is -2.99. The number of alkyl halides is 3. The van der Waals surface area contributed by atoms with Crippen LogP contribution in [0.2, 0.25) is 0 Å². The van der Waals surface area contributed by atoms with Crippen LogP contribution in [0.4, 0.5) is 13.2 Å². The second-order valence-corrected chi connectivity index (χ2v) is 6.39. The van der Waals surface area contributed by atoms with E-state index in [1.807, 2.05) is 12.1 Å². The molecule has 1 aromatic carbocycles. The molecule has 0 aromatic heterocycles. The molecule has 20 heavy (non-hydrogen) atoms. The minimum absolute atomic E-state index is 0.528. The molecule has 0 heterocycles. The number of hydrogen-bond donors (Lipinski definition) is 1. The fourth-order valence-corrected chi connectivity index (χ4v) is 3.39. The lowest BCUT2D eigenvalue weighted by Gasteiger charge is -2.43. The van der Waals surface area contributed by atoms with Gasteiger partial charge < -0.3 is 5.32 Å². The molecule has 112 valence electrons. The molecule has 1 nitrogen and oxygen atoms in total. The molecule has 2 rings (SSSR count). The van der Waals surface area contributed by atoms with Gasteiger partial charge in [-0.1, -0.05) is 26.0 Å². The van der Waals surface area contributed by atoms with Crippen LogP contribution in [0.1, 0.15) is 31.7 Å². The molecule has 0 aliphatic heterocycles. The molecule has 1 fully saturated rings. The molecule has 0 bridgehead atoms. The van der Waals surface area contributed by atoms with Gasteiger partial charge in [0.25, 0.3) is 0 Å². The minimum Gasteiger partial charge on any atom is -0.314 e. The van der Waals surface area contributed by atoms with Gasteiger partial charge in [0, 0.05) is 10.9 Å². The summed E-state index contributed by atoms with van der Waals surface area (Å²) in [6.45, 7) is 5.31. The van der Waals surface area contributed by atoms with Gasteiger partial charge in [0.15, 0.2) is 0 Å². The average Bonchev–Trinajstić information content (AvgIpc) is 2.40. The highest BCUT2D eigenvalue weighted by Gasteiger charge is 2.37. The number of nitrogens with one attached hydrogen (secondary N) is 1. The Morgan fingerprint density at radius 2 is 1.90 bits per heavy atom. The molecule has 1 aliphatic carbocycles. The molecule has 1 aliphatic rings. The van der Waals surface area contributed by atoms with Crippen molar-refractivity contribution in [3.05, 3.63) is 29.8 Å². The van der Waals surface area contributed by atoms with Gasteiger partial charge in [-0.05, 0) is 42.5 Å². The fraction of sp³-hybridized carbons (Fsp3) is 0.600. The third kappa shape index (κ3) is 3.92. The van der Waals surface area contributed by atoms with Crippen LogP contribution < -0.4 is 5.32 Å². The molecule has 0 radical (unpaired) electrons. The second-order valence-electron chi connectivity index (χ2n) is 5.34. The average molecular weight is 303 g/mol. The van der Waals surface area contributed by atoms with E-state index in [0.717, 1.165) is 24.7 Å². The lowest BCUT2D eigenvalue weighted by atomic mass is 9.67. The summed E-state index contributed by atoms with van der Waals surface area (Å²) in [5.74, 6) is 0.290. The molecule has 0 spiro atoms. The standard InChI is InChI=1S/C15H20F3NS/c1-3-19-14-8-13(10(14)2)11-4-6-12(7-5-11)20-9-15(16,17)18/h4-7,10,13-14,19H,3,8-9H2,1-2H3. The summed E-state index contributed by atoms with van der Waals surface area (Å²) in [5.41, 5.74) is 1.24. The van der Waals surface area contributed by atoms with E-state index in [1.54, 1.807) is 12.1 Å². The van der Waals surface area contributed by atoms with Crippen molar-refractivity contribution in [2.45, 2.75) is 43.3 Å². The smallest absolute Gasteiger partial charge is 0.314 e. The number of thioether (sulfide) groups is 1. The molecule has 0 amide bonds. The van der Waals surface area contributed by atoms with Gasteiger partial charge in [-0.2, -0.15) is 13.2 Å². The van der Waals surface area contributed by atoms with Crippen LogP contribution >= 0.6 is 11.8 Å². The highest BCUT2D eigenvalue weighted by atomic mass is 32.2. The summed E-state index contributed by atoms with van der Waals surface area (Å²) in [7, 11) is 0. The summed E-state index contributed by atoms with van der Waals surface area (Å²) in [5, 5.41) is 3.45. The van der Waals surface area contributed by atoms with Gasteiger partial charge in [0.2, 0.25) is 0 Å². The van der Waals surface area contributed by atoms with Crippen molar-refractivity contribution in [2.75, 3.05) is 12.3 Å². The zero-order chi connectivity index (χ0) is 14.8. The first kappa shape index (κ1) is 15.7. The SMILES string of the molecule is CCNC1CC(c2ccc(SCC(F)(F)F)cc2)C1C. The van der Waals surface area contributed by atoms with Crippen molar-refractivity contribution in [1.82, 2.24) is 5.32 Å². The van der Waals surface area contributed by atoms with Crippen LogP contribution in [0.5, 0.6) is 0 Å². The zero-order valence-electron chi connectivity index (χ0n) is 11.7. The van der Waals surface area contributed by atoms with Crippen LogP contribution in [0, 0.1) is 5.92 Å². The molecule has 3 unspecified atom stereocenters. The maximum atomic E-state index is 12.2. The highest BCUT2D eigenvalue weighted by molar-refractivity contribution is 7.99. The van der Waals surface area contributed by atoms with Crippen molar-refractivity contribution >= 4 is 11.8 Å². The minimum atomic E-state index is -4.11. The van der Waals surface area contributed by atoms with Gasteiger partial charge in [0.05, 0.1) is 5.75 Å².